The van der Waals surface area contributed by atoms with Crippen LogP contribution >= 0.6 is 0 Å². The first-order chi connectivity index (χ1) is 13.9. The molecule has 2 aromatic rings. The highest BCUT2D eigenvalue weighted by atomic mass is 16.5. The average Bonchev–Trinajstić information content (AvgIpc) is 3.17. The van der Waals surface area contributed by atoms with Gasteiger partial charge in [-0.25, -0.2) is 0 Å². The van der Waals surface area contributed by atoms with Crippen LogP contribution in [0, 0.1) is 18.8 Å². The molecule has 0 aliphatic carbocycles. The minimum Gasteiger partial charge on any atom is -0.497 e. The summed E-state index contributed by atoms with van der Waals surface area (Å²) in [6.45, 7) is 7.80. The maximum absolute atomic E-state index is 13.1. The van der Waals surface area contributed by atoms with Crippen LogP contribution in [0.5, 0.6) is 5.75 Å². The Kier molecular flexibility index (Phi) is 6.57. The van der Waals surface area contributed by atoms with Gasteiger partial charge in [-0.05, 0) is 42.7 Å². The van der Waals surface area contributed by atoms with Gasteiger partial charge in [0.25, 0.3) is 5.91 Å². The van der Waals surface area contributed by atoms with E-state index in [9.17, 15) is 9.59 Å². The number of amides is 2. The fourth-order valence-electron chi connectivity index (χ4n) is 3.74. The molecular weight excluding hydrogens is 364 g/mol. The Morgan fingerprint density at radius 1 is 1.07 bits per heavy atom. The van der Waals surface area contributed by atoms with Crippen LogP contribution in [0.25, 0.3) is 0 Å². The number of carbonyl (C=O) groups is 2. The maximum Gasteiger partial charge on any atom is 0.253 e. The normalized spacial score (nSPS) is 18.7. The third-order valence-corrected chi connectivity index (χ3v) is 5.47. The van der Waals surface area contributed by atoms with Gasteiger partial charge in [-0.1, -0.05) is 43.7 Å². The molecule has 1 N–H and O–H groups in total. The molecule has 29 heavy (non-hydrogen) atoms. The zero-order valence-corrected chi connectivity index (χ0v) is 17.6. The van der Waals surface area contributed by atoms with E-state index in [1.54, 1.807) is 36.3 Å². The highest BCUT2D eigenvalue weighted by molar-refractivity contribution is 5.95. The fourth-order valence-corrected chi connectivity index (χ4v) is 3.74. The lowest BCUT2D eigenvalue weighted by atomic mass is 9.88. The fraction of sp³-hybridized carbons (Fsp3) is 0.417. The van der Waals surface area contributed by atoms with Gasteiger partial charge in [0, 0.05) is 31.1 Å². The summed E-state index contributed by atoms with van der Waals surface area (Å²) in [5, 5.41) is 3.06. The van der Waals surface area contributed by atoms with Crippen LogP contribution in [0.4, 0.5) is 0 Å². The van der Waals surface area contributed by atoms with Gasteiger partial charge in [-0.2, -0.15) is 0 Å². The lowest BCUT2D eigenvalue weighted by molar-refractivity contribution is -0.125. The first-order valence-electron chi connectivity index (χ1n) is 10.2. The number of methoxy groups -OCH3 is 1. The lowest BCUT2D eigenvalue weighted by Crippen LogP contribution is -2.37. The summed E-state index contributed by atoms with van der Waals surface area (Å²) < 4.78 is 5.18. The van der Waals surface area contributed by atoms with E-state index >= 15 is 0 Å². The van der Waals surface area contributed by atoms with Crippen LogP contribution in [0.1, 0.15) is 41.3 Å². The van der Waals surface area contributed by atoms with Crippen molar-refractivity contribution in [1.82, 2.24) is 10.2 Å². The quantitative estimate of drug-likeness (QED) is 0.814. The zero-order valence-electron chi connectivity index (χ0n) is 17.6. The number of nitrogens with one attached hydrogen (secondary N) is 1. The van der Waals surface area contributed by atoms with Crippen molar-refractivity contribution in [3.63, 3.8) is 0 Å². The summed E-state index contributed by atoms with van der Waals surface area (Å²) in [7, 11) is 1.60. The Hall–Kier alpha value is -2.82. The molecule has 1 aliphatic heterocycles. The van der Waals surface area contributed by atoms with Crippen molar-refractivity contribution in [3.05, 3.63) is 65.2 Å². The van der Waals surface area contributed by atoms with Gasteiger partial charge in [0.2, 0.25) is 5.91 Å². The minimum atomic E-state index is -0.251. The van der Waals surface area contributed by atoms with E-state index < -0.39 is 0 Å². The number of likely N-dealkylation sites (tertiary alicyclic amines) is 1. The largest absolute Gasteiger partial charge is 0.497 e. The molecule has 0 unspecified atom stereocenters. The summed E-state index contributed by atoms with van der Waals surface area (Å²) in [5.74, 6) is 0.809. The van der Waals surface area contributed by atoms with Gasteiger partial charge >= 0.3 is 0 Å². The van der Waals surface area contributed by atoms with Crippen LogP contribution in [0.3, 0.4) is 0 Å². The Balaban J connectivity index is 1.81. The summed E-state index contributed by atoms with van der Waals surface area (Å²) in [4.78, 5) is 27.8. The van der Waals surface area contributed by atoms with E-state index in [2.05, 4.69) is 43.4 Å². The van der Waals surface area contributed by atoms with Crippen LogP contribution in [0.15, 0.2) is 48.5 Å². The number of hydrogen-bond donors (Lipinski definition) is 1. The number of aryl methyl sites for hydroxylation is 1. The van der Waals surface area contributed by atoms with Gasteiger partial charge in [-0.3, -0.25) is 9.59 Å². The first-order valence-corrected chi connectivity index (χ1v) is 10.2. The minimum absolute atomic E-state index is 0.00930. The van der Waals surface area contributed by atoms with Gasteiger partial charge < -0.3 is 15.0 Å². The molecule has 5 nitrogen and oxygen atoms in total. The standard InChI is InChI=1S/C24H30N2O3/c1-16(2)13-25-23(27)22-15-26(14-21(22)18-7-5-17(3)6-8-18)24(28)19-9-11-20(29-4)12-10-19/h5-12,16,21-22H,13-15H2,1-4H3,(H,25,27)/t21-,22+/m1/s1. The van der Waals surface area contributed by atoms with Crippen LogP contribution in [-0.2, 0) is 4.79 Å². The van der Waals surface area contributed by atoms with Crippen LogP contribution < -0.4 is 10.1 Å². The van der Waals surface area contributed by atoms with E-state index in [-0.39, 0.29) is 23.7 Å². The average molecular weight is 395 g/mol. The monoisotopic (exact) mass is 394 g/mol. The summed E-state index contributed by atoms with van der Waals surface area (Å²) in [5.41, 5.74) is 2.89. The maximum atomic E-state index is 13.1. The predicted molar refractivity (Wildman–Crippen MR) is 114 cm³/mol. The SMILES string of the molecule is COc1ccc(C(=O)N2C[C@H](C(=O)NCC(C)C)[C@@H](c3ccc(C)cc3)C2)cc1. The molecule has 1 heterocycles. The molecule has 1 saturated heterocycles. The lowest BCUT2D eigenvalue weighted by Gasteiger charge is -2.19. The van der Waals surface area contributed by atoms with Gasteiger partial charge in [0.05, 0.1) is 13.0 Å². The van der Waals surface area contributed by atoms with Crippen LogP contribution in [-0.4, -0.2) is 43.5 Å². The molecule has 3 rings (SSSR count). The van der Waals surface area contributed by atoms with Crippen molar-refractivity contribution in [2.45, 2.75) is 26.7 Å². The zero-order chi connectivity index (χ0) is 21.0. The molecule has 0 radical (unpaired) electrons. The Bertz CT molecular complexity index is 843. The number of ether oxygens (including phenoxy) is 1. The number of carbonyl (C=O) groups excluding carboxylic acids is 2. The molecular formula is C24H30N2O3. The predicted octanol–water partition coefficient (Wildman–Crippen LogP) is 3.63. The highest BCUT2D eigenvalue weighted by Gasteiger charge is 2.40. The molecule has 154 valence electrons. The number of nitrogens with zero attached hydrogens (tertiary/aromatic N) is 1. The van der Waals surface area contributed by atoms with Gasteiger partial charge in [0.15, 0.2) is 0 Å². The number of hydrogen-bond acceptors (Lipinski definition) is 3. The van der Waals surface area contributed by atoms with Gasteiger partial charge in [0.1, 0.15) is 5.75 Å². The molecule has 0 spiro atoms. The molecule has 1 aliphatic rings. The smallest absolute Gasteiger partial charge is 0.253 e. The van der Waals surface area contributed by atoms with E-state index in [1.165, 1.54) is 5.56 Å². The summed E-state index contributed by atoms with van der Waals surface area (Å²) in [6, 6.07) is 15.4. The van der Waals surface area contributed by atoms with Crippen LogP contribution in [0.2, 0.25) is 0 Å². The van der Waals surface area contributed by atoms with Crippen molar-refractivity contribution in [1.29, 1.82) is 0 Å². The van der Waals surface area contributed by atoms with Crippen molar-refractivity contribution < 1.29 is 14.3 Å². The second-order valence-electron chi connectivity index (χ2n) is 8.20. The summed E-state index contributed by atoms with van der Waals surface area (Å²) >= 11 is 0. The van der Waals surface area contributed by atoms with E-state index in [0.29, 0.717) is 36.9 Å². The third-order valence-electron chi connectivity index (χ3n) is 5.47. The van der Waals surface area contributed by atoms with E-state index in [1.807, 2.05) is 6.92 Å². The van der Waals surface area contributed by atoms with Gasteiger partial charge in [-0.15, -0.1) is 0 Å². The third kappa shape index (κ3) is 4.97. The molecule has 5 heteroatoms. The molecule has 2 amide bonds. The van der Waals surface area contributed by atoms with E-state index in [4.69, 9.17) is 4.74 Å². The molecule has 1 fully saturated rings. The topological polar surface area (TPSA) is 58.6 Å². The van der Waals surface area contributed by atoms with Crippen molar-refractivity contribution in [2.24, 2.45) is 11.8 Å². The molecule has 0 saturated carbocycles. The van der Waals surface area contributed by atoms with E-state index in [0.717, 1.165) is 5.56 Å². The first kappa shape index (κ1) is 20.9. The summed E-state index contributed by atoms with van der Waals surface area (Å²) in [6.07, 6.45) is 0. The Labute approximate surface area is 173 Å². The number of rotatable bonds is 6. The molecule has 2 atom stereocenters. The van der Waals surface area contributed by atoms with Crippen molar-refractivity contribution in [2.75, 3.05) is 26.7 Å². The molecule has 0 aromatic heterocycles. The number of benzene rings is 2. The van der Waals surface area contributed by atoms with Crippen molar-refractivity contribution in [3.8, 4) is 5.75 Å². The Morgan fingerprint density at radius 2 is 1.72 bits per heavy atom. The molecule has 0 bridgehead atoms. The highest BCUT2D eigenvalue weighted by Crippen LogP contribution is 2.34. The second-order valence-corrected chi connectivity index (χ2v) is 8.20. The van der Waals surface area contributed by atoms with Crippen molar-refractivity contribution >= 4 is 11.8 Å². The molecule has 2 aromatic carbocycles. The second kappa shape index (κ2) is 9.12. The Morgan fingerprint density at radius 3 is 2.31 bits per heavy atom.